The standard InChI is InChI=1S/C14H16N2OS/c17-13(10-6-2-1-3-7-10)16-14-15-11-8-4-5-9-12(11)18-14/h4-5,8-10H,1-3,6-7H2,(H,15,16,17). The largest absolute Gasteiger partial charge is 0.302 e. The van der Waals surface area contributed by atoms with Crippen molar-refractivity contribution in [3.8, 4) is 0 Å². The second kappa shape index (κ2) is 5.06. The average Bonchev–Trinajstić information content (AvgIpc) is 2.82. The highest BCUT2D eigenvalue weighted by Crippen LogP contribution is 2.28. The number of aromatic nitrogens is 1. The van der Waals surface area contributed by atoms with Crippen LogP contribution in [0.1, 0.15) is 32.1 Å². The summed E-state index contributed by atoms with van der Waals surface area (Å²) in [7, 11) is 0. The highest BCUT2D eigenvalue weighted by molar-refractivity contribution is 7.22. The zero-order valence-corrected chi connectivity index (χ0v) is 11.0. The van der Waals surface area contributed by atoms with Gasteiger partial charge in [0, 0.05) is 5.92 Å². The first-order valence-electron chi connectivity index (χ1n) is 6.49. The van der Waals surface area contributed by atoms with E-state index in [0.29, 0.717) is 0 Å². The lowest BCUT2D eigenvalue weighted by Crippen LogP contribution is -2.24. The maximum Gasteiger partial charge on any atom is 0.229 e. The Hall–Kier alpha value is -1.42. The molecule has 94 valence electrons. The molecule has 1 aliphatic rings. The van der Waals surface area contributed by atoms with Gasteiger partial charge in [0.1, 0.15) is 0 Å². The van der Waals surface area contributed by atoms with Crippen LogP contribution in [-0.4, -0.2) is 10.9 Å². The Bertz CT molecular complexity index is 525. The van der Waals surface area contributed by atoms with E-state index in [1.807, 2.05) is 24.3 Å². The fourth-order valence-corrected chi connectivity index (χ4v) is 3.37. The van der Waals surface area contributed by atoms with E-state index in [9.17, 15) is 4.79 Å². The number of fused-ring (bicyclic) bond motifs is 1. The molecule has 1 aromatic heterocycles. The van der Waals surface area contributed by atoms with E-state index in [-0.39, 0.29) is 11.8 Å². The van der Waals surface area contributed by atoms with Crippen molar-refractivity contribution in [2.45, 2.75) is 32.1 Å². The van der Waals surface area contributed by atoms with Crippen molar-refractivity contribution in [3.05, 3.63) is 24.3 Å². The van der Waals surface area contributed by atoms with Gasteiger partial charge < -0.3 is 5.32 Å². The summed E-state index contributed by atoms with van der Waals surface area (Å²) < 4.78 is 1.12. The molecule has 1 aliphatic carbocycles. The van der Waals surface area contributed by atoms with Gasteiger partial charge in [-0.2, -0.15) is 0 Å². The highest BCUT2D eigenvalue weighted by atomic mass is 32.1. The highest BCUT2D eigenvalue weighted by Gasteiger charge is 2.21. The average molecular weight is 260 g/mol. The van der Waals surface area contributed by atoms with Gasteiger partial charge >= 0.3 is 0 Å². The fourth-order valence-electron chi connectivity index (χ4n) is 2.50. The van der Waals surface area contributed by atoms with Crippen molar-refractivity contribution >= 4 is 32.6 Å². The minimum absolute atomic E-state index is 0.147. The summed E-state index contributed by atoms with van der Waals surface area (Å²) in [6, 6.07) is 7.97. The normalized spacial score (nSPS) is 16.9. The molecule has 3 nitrogen and oxygen atoms in total. The van der Waals surface area contributed by atoms with Gasteiger partial charge in [-0.1, -0.05) is 42.7 Å². The molecule has 0 radical (unpaired) electrons. The summed E-state index contributed by atoms with van der Waals surface area (Å²) in [4.78, 5) is 16.5. The molecule has 1 fully saturated rings. The van der Waals surface area contributed by atoms with Crippen LogP contribution in [0.4, 0.5) is 5.13 Å². The van der Waals surface area contributed by atoms with Crippen molar-refractivity contribution in [3.63, 3.8) is 0 Å². The van der Waals surface area contributed by atoms with Crippen LogP contribution in [0.2, 0.25) is 0 Å². The number of amides is 1. The van der Waals surface area contributed by atoms with Crippen LogP contribution < -0.4 is 5.32 Å². The first-order chi connectivity index (χ1) is 8.83. The first-order valence-corrected chi connectivity index (χ1v) is 7.31. The predicted octanol–water partition coefficient (Wildman–Crippen LogP) is 3.82. The third kappa shape index (κ3) is 2.38. The number of carbonyl (C=O) groups excluding carboxylic acids is 1. The zero-order valence-electron chi connectivity index (χ0n) is 10.2. The maximum atomic E-state index is 12.1. The summed E-state index contributed by atoms with van der Waals surface area (Å²) >= 11 is 1.55. The lowest BCUT2D eigenvalue weighted by atomic mass is 9.89. The first kappa shape index (κ1) is 11.7. The van der Waals surface area contributed by atoms with Crippen LogP contribution in [0.3, 0.4) is 0 Å². The number of anilines is 1. The Kier molecular flexibility index (Phi) is 3.28. The smallest absolute Gasteiger partial charge is 0.229 e. The molecule has 0 aliphatic heterocycles. The van der Waals surface area contributed by atoms with E-state index in [0.717, 1.165) is 28.2 Å². The fraction of sp³-hybridized carbons (Fsp3) is 0.429. The van der Waals surface area contributed by atoms with E-state index in [2.05, 4.69) is 10.3 Å². The Morgan fingerprint density at radius 2 is 2.00 bits per heavy atom. The number of thiazole rings is 1. The lowest BCUT2D eigenvalue weighted by molar-refractivity contribution is -0.120. The number of hydrogen-bond acceptors (Lipinski definition) is 3. The topological polar surface area (TPSA) is 42.0 Å². The molecule has 1 aromatic carbocycles. The van der Waals surface area contributed by atoms with Gasteiger partial charge in [-0.15, -0.1) is 0 Å². The number of nitrogens with zero attached hydrogens (tertiary/aromatic N) is 1. The number of benzene rings is 1. The minimum Gasteiger partial charge on any atom is -0.302 e. The molecule has 0 saturated heterocycles. The molecule has 1 N–H and O–H groups in total. The number of para-hydroxylation sites is 1. The third-order valence-corrected chi connectivity index (χ3v) is 4.45. The molecule has 0 atom stereocenters. The molecular weight excluding hydrogens is 244 g/mol. The zero-order chi connectivity index (χ0) is 12.4. The summed E-state index contributed by atoms with van der Waals surface area (Å²) in [5.41, 5.74) is 0.960. The Balaban J connectivity index is 1.73. The summed E-state index contributed by atoms with van der Waals surface area (Å²) in [5, 5.41) is 3.70. The number of carbonyl (C=O) groups is 1. The van der Waals surface area contributed by atoms with Crippen LogP contribution in [0.5, 0.6) is 0 Å². The van der Waals surface area contributed by atoms with E-state index >= 15 is 0 Å². The van der Waals surface area contributed by atoms with E-state index in [1.54, 1.807) is 11.3 Å². The van der Waals surface area contributed by atoms with Crippen LogP contribution in [-0.2, 0) is 4.79 Å². The second-order valence-electron chi connectivity index (χ2n) is 4.81. The molecule has 1 saturated carbocycles. The number of rotatable bonds is 2. The quantitative estimate of drug-likeness (QED) is 0.892. The Morgan fingerprint density at radius 1 is 1.22 bits per heavy atom. The Labute approximate surface area is 110 Å². The van der Waals surface area contributed by atoms with Crippen molar-refractivity contribution in [2.75, 3.05) is 5.32 Å². The number of nitrogens with one attached hydrogen (secondary N) is 1. The van der Waals surface area contributed by atoms with Crippen LogP contribution in [0.25, 0.3) is 10.2 Å². The van der Waals surface area contributed by atoms with Crippen molar-refractivity contribution in [1.29, 1.82) is 0 Å². The summed E-state index contributed by atoms with van der Waals surface area (Å²) in [5.74, 6) is 0.333. The van der Waals surface area contributed by atoms with Gasteiger partial charge in [0.2, 0.25) is 5.91 Å². The van der Waals surface area contributed by atoms with Crippen molar-refractivity contribution < 1.29 is 4.79 Å². The maximum absolute atomic E-state index is 12.1. The molecule has 18 heavy (non-hydrogen) atoms. The molecular formula is C14H16N2OS. The van der Waals surface area contributed by atoms with Gasteiger partial charge in [-0.05, 0) is 25.0 Å². The molecule has 1 heterocycles. The molecule has 0 unspecified atom stereocenters. The molecule has 4 heteroatoms. The van der Waals surface area contributed by atoms with Crippen LogP contribution in [0, 0.1) is 5.92 Å². The van der Waals surface area contributed by atoms with Crippen LogP contribution >= 0.6 is 11.3 Å². The molecule has 0 bridgehead atoms. The van der Waals surface area contributed by atoms with Crippen LogP contribution in [0.15, 0.2) is 24.3 Å². The minimum atomic E-state index is 0.147. The predicted molar refractivity (Wildman–Crippen MR) is 74.8 cm³/mol. The second-order valence-corrected chi connectivity index (χ2v) is 5.84. The van der Waals surface area contributed by atoms with Crippen molar-refractivity contribution in [1.82, 2.24) is 4.98 Å². The molecule has 1 amide bonds. The van der Waals surface area contributed by atoms with Crippen molar-refractivity contribution in [2.24, 2.45) is 5.92 Å². The molecule has 3 rings (SSSR count). The Morgan fingerprint density at radius 3 is 2.78 bits per heavy atom. The monoisotopic (exact) mass is 260 g/mol. The third-order valence-electron chi connectivity index (χ3n) is 3.50. The van der Waals surface area contributed by atoms with Gasteiger partial charge in [0.15, 0.2) is 5.13 Å². The van der Waals surface area contributed by atoms with Gasteiger partial charge in [0.05, 0.1) is 10.2 Å². The number of hydrogen-bond donors (Lipinski definition) is 1. The summed E-state index contributed by atoms with van der Waals surface area (Å²) in [6.07, 6.45) is 5.67. The van der Waals surface area contributed by atoms with E-state index in [4.69, 9.17) is 0 Å². The van der Waals surface area contributed by atoms with E-state index in [1.165, 1.54) is 19.3 Å². The molecule has 2 aromatic rings. The SMILES string of the molecule is O=C(Nc1nc2ccccc2s1)C1CCCCC1. The van der Waals surface area contributed by atoms with Gasteiger partial charge in [0.25, 0.3) is 0 Å². The lowest BCUT2D eigenvalue weighted by Gasteiger charge is -2.19. The van der Waals surface area contributed by atoms with Gasteiger partial charge in [-0.25, -0.2) is 4.98 Å². The molecule has 0 spiro atoms. The summed E-state index contributed by atoms with van der Waals surface area (Å²) in [6.45, 7) is 0. The van der Waals surface area contributed by atoms with E-state index < -0.39 is 0 Å². The van der Waals surface area contributed by atoms with Gasteiger partial charge in [-0.3, -0.25) is 4.79 Å².